The van der Waals surface area contributed by atoms with Crippen LogP contribution in [0.5, 0.6) is 0 Å². The number of anilines is 2. The molecule has 4 aromatic rings. The van der Waals surface area contributed by atoms with Gasteiger partial charge < -0.3 is 11.1 Å². The van der Waals surface area contributed by atoms with Crippen molar-refractivity contribution in [2.75, 3.05) is 17.6 Å². The minimum Gasteiger partial charge on any atom is -0.399 e. The summed E-state index contributed by atoms with van der Waals surface area (Å²) in [6, 6.07) is 17.8. The second-order valence-corrected chi connectivity index (χ2v) is 5.76. The Balaban J connectivity index is 1.53. The predicted octanol–water partition coefficient (Wildman–Crippen LogP) is 3.05. The van der Waals surface area contributed by atoms with E-state index in [-0.39, 0.29) is 0 Å². The number of aromatic nitrogens is 4. The van der Waals surface area contributed by atoms with E-state index in [4.69, 9.17) is 5.73 Å². The Morgan fingerprint density at radius 2 is 1.88 bits per heavy atom. The molecule has 6 heteroatoms. The van der Waals surface area contributed by atoms with Crippen LogP contribution in [-0.2, 0) is 6.42 Å². The Morgan fingerprint density at radius 1 is 1.00 bits per heavy atom. The Labute approximate surface area is 145 Å². The van der Waals surface area contributed by atoms with Crippen LogP contribution in [0.15, 0.2) is 67.1 Å². The van der Waals surface area contributed by atoms with Gasteiger partial charge in [0.2, 0.25) is 5.95 Å². The van der Waals surface area contributed by atoms with Crippen LogP contribution in [0, 0.1) is 0 Å². The third-order valence-corrected chi connectivity index (χ3v) is 4.00. The first-order valence-corrected chi connectivity index (χ1v) is 8.13. The highest BCUT2D eigenvalue weighted by Crippen LogP contribution is 2.19. The molecule has 0 aliphatic carbocycles. The summed E-state index contributed by atoms with van der Waals surface area (Å²) in [5, 5.41) is 3.27. The monoisotopic (exact) mass is 330 g/mol. The van der Waals surface area contributed by atoms with Crippen LogP contribution in [0.25, 0.3) is 16.9 Å². The largest absolute Gasteiger partial charge is 0.399 e. The number of nitrogens with zero attached hydrogens (tertiary/aromatic N) is 4. The first-order valence-electron chi connectivity index (χ1n) is 8.13. The molecule has 0 saturated carbocycles. The lowest BCUT2D eigenvalue weighted by atomic mass is 10.1. The highest BCUT2D eigenvalue weighted by Gasteiger charge is 2.07. The summed E-state index contributed by atoms with van der Waals surface area (Å²) in [4.78, 5) is 13.3. The summed E-state index contributed by atoms with van der Waals surface area (Å²) in [5.41, 5.74) is 9.68. The Bertz CT molecular complexity index is 993. The molecule has 0 aliphatic rings. The van der Waals surface area contributed by atoms with Crippen LogP contribution >= 0.6 is 0 Å². The van der Waals surface area contributed by atoms with Crippen LogP contribution in [-0.4, -0.2) is 26.1 Å². The Kier molecular flexibility index (Phi) is 4.00. The number of hydrogen-bond acceptors (Lipinski definition) is 5. The molecular formula is C19H18N6. The molecule has 0 amide bonds. The molecule has 0 atom stereocenters. The minimum atomic E-state index is 0.596. The lowest BCUT2D eigenvalue weighted by Gasteiger charge is -2.08. The van der Waals surface area contributed by atoms with Crippen LogP contribution in [0.4, 0.5) is 11.6 Å². The Morgan fingerprint density at radius 3 is 2.76 bits per heavy atom. The number of hydrogen-bond donors (Lipinski definition) is 2. The quantitative estimate of drug-likeness (QED) is 0.550. The van der Waals surface area contributed by atoms with E-state index in [0.29, 0.717) is 11.6 Å². The van der Waals surface area contributed by atoms with Crippen molar-refractivity contribution in [1.82, 2.24) is 19.5 Å². The van der Waals surface area contributed by atoms with Gasteiger partial charge in [0.05, 0.1) is 11.0 Å². The molecule has 6 nitrogen and oxygen atoms in total. The lowest BCUT2D eigenvalue weighted by Crippen LogP contribution is -2.09. The summed E-state index contributed by atoms with van der Waals surface area (Å²) < 4.78 is 1.91. The average Bonchev–Trinajstić information content (AvgIpc) is 3.06. The van der Waals surface area contributed by atoms with E-state index in [9.17, 15) is 0 Å². The smallest absolute Gasteiger partial charge is 0.224 e. The summed E-state index contributed by atoms with van der Waals surface area (Å²) in [7, 11) is 0. The molecule has 0 radical (unpaired) electrons. The zero-order valence-electron chi connectivity index (χ0n) is 13.6. The molecule has 0 saturated heterocycles. The molecule has 124 valence electrons. The molecule has 3 N–H and O–H groups in total. The van der Waals surface area contributed by atoms with Crippen molar-refractivity contribution < 1.29 is 0 Å². The molecule has 0 bridgehead atoms. The number of fused-ring (bicyclic) bond motifs is 1. The average molecular weight is 330 g/mol. The fourth-order valence-electron chi connectivity index (χ4n) is 2.74. The van der Waals surface area contributed by atoms with Crippen LogP contribution < -0.4 is 11.1 Å². The van der Waals surface area contributed by atoms with Crippen LogP contribution in [0.2, 0.25) is 0 Å². The second-order valence-electron chi connectivity index (χ2n) is 5.76. The third-order valence-electron chi connectivity index (χ3n) is 4.00. The molecule has 2 aromatic heterocycles. The van der Waals surface area contributed by atoms with Gasteiger partial charge in [-0.15, -0.1) is 0 Å². The van der Waals surface area contributed by atoms with Crippen molar-refractivity contribution in [2.24, 2.45) is 0 Å². The van der Waals surface area contributed by atoms with Gasteiger partial charge in [-0.25, -0.2) is 9.97 Å². The molecular weight excluding hydrogens is 312 g/mol. The molecule has 0 spiro atoms. The highest BCUT2D eigenvalue weighted by atomic mass is 15.2. The number of nitrogen functional groups attached to an aromatic ring is 1. The number of benzene rings is 2. The van der Waals surface area contributed by atoms with E-state index in [1.165, 1.54) is 5.56 Å². The maximum absolute atomic E-state index is 5.89. The van der Waals surface area contributed by atoms with E-state index in [1.807, 2.05) is 47.0 Å². The van der Waals surface area contributed by atoms with Gasteiger partial charge in [-0.2, -0.15) is 4.98 Å². The molecule has 4 rings (SSSR count). The van der Waals surface area contributed by atoms with Crippen molar-refractivity contribution >= 4 is 22.7 Å². The fraction of sp³-hybridized carbons (Fsp3) is 0.105. The van der Waals surface area contributed by atoms with Gasteiger partial charge in [-0.05, 0) is 36.2 Å². The first kappa shape index (κ1) is 15.1. The van der Waals surface area contributed by atoms with Crippen molar-refractivity contribution in [1.29, 1.82) is 0 Å². The summed E-state index contributed by atoms with van der Waals surface area (Å²) in [6.45, 7) is 0.769. The van der Waals surface area contributed by atoms with Gasteiger partial charge in [0.25, 0.3) is 0 Å². The fourth-order valence-corrected chi connectivity index (χ4v) is 2.74. The molecule has 2 heterocycles. The van der Waals surface area contributed by atoms with Gasteiger partial charge in [0, 0.05) is 18.4 Å². The van der Waals surface area contributed by atoms with Gasteiger partial charge in [0.15, 0.2) is 0 Å². The molecule has 25 heavy (non-hydrogen) atoms. The maximum atomic E-state index is 5.89. The molecule has 0 aliphatic heterocycles. The van der Waals surface area contributed by atoms with Gasteiger partial charge in [-0.1, -0.05) is 30.3 Å². The topological polar surface area (TPSA) is 81.6 Å². The summed E-state index contributed by atoms with van der Waals surface area (Å²) >= 11 is 0. The number of rotatable bonds is 5. The van der Waals surface area contributed by atoms with Crippen molar-refractivity contribution in [3.05, 3.63) is 72.7 Å². The highest BCUT2D eigenvalue weighted by molar-refractivity contribution is 5.80. The number of nitrogens with two attached hydrogens (primary N) is 1. The predicted molar refractivity (Wildman–Crippen MR) is 99.7 cm³/mol. The summed E-state index contributed by atoms with van der Waals surface area (Å²) in [5.74, 6) is 1.35. The van der Waals surface area contributed by atoms with Gasteiger partial charge in [-0.3, -0.25) is 4.57 Å². The zero-order valence-corrected chi connectivity index (χ0v) is 13.6. The minimum absolute atomic E-state index is 0.596. The molecule has 0 unspecified atom stereocenters. The van der Waals surface area contributed by atoms with Crippen LogP contribution in [0.3, 0.4) is 0 Å². The van der Waals surface area contributed by atoms with E-state index in [0.717, 1.165) is 29.8 Å². The van der Waals surface area contributed by atoms with Crippen molar-refractivity contribution in [3.63, 3.8) is 0 Å². The summed E-state index contributed by atoms with van der Waals surface area (Å²) in [6.07, 6.45) is 4.41. The van der Waals surface area contributed by atoms with E-state index in [2.05, 4.69) is 32.4 Å². The van der Waals surface area contributed by atoms with Gasteiger partial charge >= 0.3 is 0 Å². The third kappa shape index (κ3) is 3.28. The van der Waals surface area contributed by atoms with E-state index < -0.39 is 0 Å². The van der Waals surface area contributed by atoms with Crippen molar-refractivity contribution in [3.8, 4) is 5.82 Å². The standard InChI is InChI=1S/C19H18N6/c20-15-6-7-16-17(12-15)25(13-23-16)18-9-11-22-19(24-18)21-10-8-14-4-2-1-3-5-14/h1-7,9,11-13H,8,10,20H2,(H,21,22,24). The molecule has 0 fully saturated rings. The zero-order chi connectivity index (χ0) is 17.1. The number of imidazole rings is 1. The number of nitrogens with one attached hydrogen (secondary N) is 1. The first-order chi connectivity index (χ1) is 12.3. The SMILES string of the molecule is Nc1ccc2ncn(-c3ccnc(NCCc4ccccc4)n3)c2c1. The van der Waals surface area contributed by atoms with E-state index >= 15 is 0 Å². The van der Waals surface area contributed by atoms with Crippen molar-refractivity contribution in [2.45, 2.75) is 6.42 Å². The van der Waals surface area contributed by atoms with Crippen LogP contribution in [0.1, 0.15) is 5.56 Å². The van der Waals surface area contributed by atoms with Gasteiger partial charge in [0.1, 0.15) is 12.1 Å². The maximum Gasteiger partial charge on any atom is 0.224 e. The second kappa shape index (κ2) is 6.60. The normalized spacial score (nSPS) is 10.9. The Hall–Kier alpha value is -3.41. The molecule has 2 aromatic carbocycles. The van der Waals surface area contributed by atoms with E-state index in [1.54, 1.807) is 12.5 Å². The lowest BCUT2D eigenvalue weighted by molar-refractivity contribution is 0.953.